The third-order valence-electron chi connectivity index (χ3n) is 3.46. The van der Waals surface area contributed by atoms with Gasteiger partial charge in [-0.1, -0.05) is 42.9 Å². The van der Waals surface area contributed by atoms with Crippen LogP contribution >= 0.6 is 0 Å². The molecule has 0 aliphatic heterocycles. The van der Waals surface area contributed by atoms with Gasteiger partial charge >= 0.3 is 0 Å². The van der Waals surface area contributed by atoms with Crippen LogP contribution in [0.1, 0.15) is 51.9 Å². The summed E-state index contributed by atoms with van der Waals surface area (Å²) in [7, 11) is 0. The Labute approximate surface area is 106 Å². The van der Waals surface area contributed by atoms with E-state index >= 15 is 0 Å². The van der Waals surface area contributed by atoms with Gasteiger partial charge in [-0.2, -0.15) is 0 Å². The first-order valence-corrected chi connectivity index (χ1v) is 6.94. The summed E-state index contributed by atoms with van der Waals surface area (Å²) < 4.78 is 0. The van der Waals surface area contributed by atoms with Crippen LogP contribution in [0.2, 0.25) is 0 Å². The van der Waals surface area contributed by atoms with Crippen molar-refractivity contribution in [1.82, 2.24) is 0 Å². The van der Waals surface area contributed by atoms with Gasteiger partial charge in [0, 0.05) is 0 Å². The molecule has 1 atom stereocenters. The lowest BCUT2D eigenvalue weighted by Crippen LogP contribution is -2.10. The standard InChI is InChI=1S/C16H27N/c1-14(11-12-15(2)13-17)7-6-10-16-8-4-3-5-9-16/h6,8,10,15H,1,3-5,7,9,11-13,17H2,2H3/b10-6-. The predicted octanol–water partition coefficient (Wildman–Crippen LogP) is 4.36. The van der Waals surface area contributed by atoms with E-state index in [9.17, 15) is 0 Å². The summed E-state index contributed by atoms with van der Waals surface area (Å²) in [6, 6.07) is 0. The number of allylic oxidation sites excluding steroid dienone is 5. The van der Waals surface area contributed by atoms with E-state index in [1.165, 1.54) is 43.3 Å². The fourth-order valence-corrected chi connectivity index (χ4v) is 2.06. The minimum atomic E-state index is 0.622. The number of hydrogen-bond acceptors (Lipinski definition) is 1. The van der Waals surface area contributed by atoms with Crippen molar-refractivity contribution in [2.24, 2.45) is 11.7 Å². The number of nitrogens with two attached hydrogens (primary N) is 1. The molecule has 0 spiro atoms. The van der Waals surface area contributed by atoms with Gasteiger partial charge in [-0.05, 0) is 57.4 Å². The van der Waals surface area contributed by atoms with E-state index in [0.717, 1.165) is 19.4 Å². The molecule has 0 aromatic rings. The zero-order valence-electron chi connectivity index (χ0n) is 11.3. The molecule has 96 valence electrons. The third kappa shape index (κ3) is 6.48. The van der Waals surface area contributed by atoms with Gasteiger partial charge in [0.15, 0.2) is 0 Å². The summed E-state index contributed by atoms with van der Waals surface area (Å²) in [5, 5.41) is 0. The quantitative estimate of drug-likeness (QED) is 0.649. The van der Waals surface area contributed by atoms with Crippen molar-refractivity contribution in [3.05, 3.63) is 36.0 Å². The van der Waals surface area contributed by atoms with Crippen LogP contribution < -0.4 is 5.73 Å². The second-order valence-electron chi connectivity index (χ2n) is 5.26. The summed E-state index contributed by atoms with van der Waals surface area (Å²) >= 11 is 0. The van der Waals surface area contributed by atoms with Crippen LogP contribution in [-0.4, -0.2) is 6.54 Å². The molecule has 1 unspecified atom stereocenters. The Hall–Kier alpha value is -0.820. The highest BCUT2D eigenvalue weighted by Crippen LogP contribution is 2.19. The maximum Gasteiger partial charge on any atom is -0.00514 e. The lowest BCUT2D eigenvalue weighted by Gasteiger charge is -2.09. The van der Waals surface area contributed by atoms with Crippen molar-refractivity contribution < 1.29 is 0 Å². The topological polar surface area (TPSA) is 26.0 Å². The Kier molecular flexibility index (Phi) is 6.95. The zero-order valence-corrected chi connectivity index (χ0v) is 11.3. The van der Waals surface area contributed by atoms with Gasteiger partial charge in [-0.25, -0.2) is 0 Å². The molecule has 0 bridgehead atoms. The van der Waals surface area contributed by atoms with Crippen molar-refractivity contribution >= 4 is 0 Å². The minimum absolute atomic E-state index is 0.622. The van der Waals surface area contributed by atoms with Gasteiger partial charge < -0.3 is 5.73 Å². The van der Waals surface area contributed by atoms with Gasteiger partial charge in [-0.3, -0.25) is 0 Å². The Balaban J connectivity index is 2.18. The van der Waals surface area contributed by atoms with Crippen molar-refractivity contribution in [2.45, 2.75) is 51.9 Å². The predicted molar refractivity (Wildman–Crippen MR) is 76.9 cm³/mol. The molecule has 0 saturated carbocycles. The van der Waals surface area contributed by atoms with Gasteiger partial charge in [0.2, 0.25) is 0 Å². The summed E-state index contributed by atoms with van der Waals surface area (Å²) in [4.78, 5) is 0. The first kappa shape index (κ1) is 14.2. The van der Waals surface area contributed by atoms with E-state index in [-0.39, 0.29) is 0 Å². The molecule has 1 aliphatic rings. The largest absolute Gasteiger partial charge is 0.330 e. The number of hydrogen-bond donors (Lipinski definition) is 1. The first-order chi connectivity index (χ1) is 8.22. The van der Waals surface area contributed by atoms with Gasteiger partial charge in [0.05, 0.1) is 0 Å². The molecule has 0 aromatic carbocycles. The van der Waals surface area contributed by atoms with Crippen LogP contribution in [0.4, 0.5) is 0 Å². The molecule has 0 heterocycles. The maximum absolute atomic E-state index is 5.60. The Morgan fingerprint density at radius 3 is 3.00 bits per heavy atom. The van der Waals surface area contributed by atoms with Gasteiger partial charge in [-0.15, -0.1) is 0 Å². The summed E-state index contributed by atoms with van der Waals surface area (Å²) in [6.07, 6.45) is 15.5. The average molecular weight is 233 g/mol. The summed E-state index contributed by atoms with van der Waals surface area (Å²) in [5.74, 6) is 0.622. The van der Waals surface area contributed by atoms with Crippen molar-refractivity contribution in [2.75, 3.05) is 6.54 Å². The fourth-order valence-electron chi connectivity index (χ4n) is 2.06. The molecular formula is C16H27N. The molecule has 0 fully saturated rings. The second-order valence-corrected chi connectivity index (χ2v) is 5.26. The van der Waals surface area contributed by atoms with E-state index in [4.69, 9.17) is 5.73 Å². The van der Waals surface area contributed by atoms with E-state index in [1.807, 2.05) is 0 Å². The molecule has 1 nitrogen and oxygen atoms in total. The monoisotopic (exact) mass is 233 g/mol. The number of rotatable bonds is 7. The fraction of sp³-hybridized carbons (Fsp3) is 0.625. The van der Waals surface area contributed by atoms with Crippen LogP contribution in [0.3, 0.4) is 0 Å². The molecule has 17 heavy (non-hydrogen) atoms. The third-order valence-corrected chi connectivity index (χ3v) is 3.46. The van der Waals surface area contributed by atoms with Gasteiger partial charge in [0.1, 0.15) is 0 Å². The smallest absolute Gasteiger partial charge is 0.00514 e. The molecule has 0 radical (unpaired) electrons. The van der Waals surface area contributed by atoms with Crippen LogP contribution in [-0.2, 0) is 0 Å². The SMILES string of the molecule is C=C(C/C=C\C1=CCCCC1)CCC(C)CN. The van der Waals surface area contributed by atoms with Gasteiger partial charge in [0.25, 0.3) is 0 Å². The van der Waals surface area contributed by atoms with Crippen LogP contribution in [0, 0.1) is 5.92 Å². The lowest BCUT2D eigenvalue weighted by atomic mass is 9.97. The van der Waals surface area contributed by atoms with E-state index in [1.54, 1.807) is 0 Å². The average Bonchev–Trinajstić information content (AvgIpc) is 2.37. The highest BCUT2D eigenvalue weighted by Gasteiger charge is 2.01. The maximum atomic E-state index is 5.60. The van der Waals surface area contributed by atoms with Crippen LogP contribution in [0.5, 0.6) is 0 Å². The minimum Gasteiger partial charge on any atom is -0.330 e. The van der Waals surface area contributed by atoms with E-state index in [0.29, 0.717) is 5.92 Å². The van der Waals surface area contributed by atoms with Crippen molar-refractivity contribution in [3.8, 4) is 0 Å². The first-order valence-electron chi connectivity index (χ1n) is 6.94. The normalized spacial score (nSPS) is 18.1. The Morgan fingerprint density at radius 1 is 1.53 bits per heavy atom. The van der Waals surface area contributed by atoms with Crippen LogP contribution in [0.15, 0.2) is 36.0 Å². The molecular weight excluding hydrogens is 206 g/mol. The zero-order chi connectivity index (χ0) is 12.5. The van der Waals surface area contributed by atoms with Crippen LogP contribution in [0.25, 0.3) is 0 Å². The van der Waals surface area contributed by atoms with Crippen molar-refractivity contribution in [3.63, 3.8) is 0 Å². The molecule has 1 heteroatoms. The summed E-state index contributed by atoms with van der Waals surface area (Å²) in [6.45, 7) is 7.12. The molecule has 2 N–H and O–H groups in total. The van der Waals surface area contributed by atoms with Crippen molar-refractivity contribution in [1.29, 1.82) is 0 Å². The van der Waals surface area contributed by atoms with E-state index in [2.05, 4.69) is 31.7 Å². The second kappa shape index (κ2) is 8.30. The molecule has 0 aromatic heterocycles. The molecule has 0 saturated heterocycles. The molecule has 1 rings (SSSR count). The summed E-state index contributed by atoms with van der Waals surface area (Å²) in [5.41, 5.74) is 8.45. The lowest BCUT2D eigenvalue weighted by molar-refractivity contribution is 0.541. The molecule has 0 amide bonds. The highest BCUT2D eigenvalue weighted by molar-refractivity contribution is 5.21. The highest BCUT2D eigenvalue weighted by atomic mass is 14.5. The Bertz CT molecular complexity index is 286. The molecule has 1 aliphatic carbocycles. The van der Waals surface area contributed by atoms with E-state index < -0.39 is 0 Å². The Morgan fingerprint density at radius 2 is 2.35 bits per heavy atom.